The van der Waals surface area contributed by atoms with Crippen LogP contribution < -0.4 is 24.4 Å². The molecule has 2 aromatic rings. The van der Waals surface area contributed by atoms with Crippen molar-refractivity contribution >= 4 is 27.3 Å². The average Bonchev–Trinajstić information content (AvgIpc) is 3.08. The highest BCUT2D eigenvalue weighted by Crippen LogP contribution is 2.32. The maximum atomic E-state index is 13.1. The summed E-state index contributed by atoms with van der Waals surface area (Å²) in [6.45, 7) is 7.58. The van der Waals surface area contributed by atoms with Crippen molar-refractivity contribution in [1.82, 2.24) is 4.72 Å². The molecular formula is C24H31N3O6S. The topological polar surface area (TPSA) is 106 Å². The Morgan fingerprint density at radius 1 is 0.941 bits per heavy atom. The highest BCUT2D eigenvalue weighted by molar-refractivity contribution is 7.89. The van der Waals surface area contributed by atoms with Crippen molar-refractivity contribution in [2.75, 3.05) is 49.7 Å². The minimum absolute atomic E-state index is 0.0186. The minimum Gasteiger partial charge on any atom is -0.490 e. The van der Waals surface area contributed by atoms with Crippen molar-refractivity contribution in [2.45, 2.75) is 31.2 Å². The first-order chi connectivity index (χ1) is 16.3. The van der Waals surface area contributed by atoms with Crippen molar-refractivity contribution in [1.29, 1.82) is 0 Å². The van der Waals surface area contributed by atoms with Gasteiger partial charge in [0.1, 0.15) is 6.04 Å². The summed E-state index contributed by atoms with van der Waals surface area (Å²) < 4.78 is 45.3. The highest BCUT2D eigenvalue weighted by atomic mass is 32.2. The molecule has 1 amide bonds. The number of anilines is 2. The van der Waals surface area contributed by atoms with Crippen molar-refractivity contribution in [2.24, 2.45) is 5.92 Å². The van der Waals surface area contributed by atoms with Crippen LogP contribution >= 0.6 is 0 Å². The number of amides is 1. The maximum Gasteiger partial charge on any atom is 0.242 e. The van der Waals surface area contributed by atoms with Crippen LogP contribution in [0, 0.1) is 5.92 Å². The molecule has 0 aliphatic carbocycles. The van der Waals surface area contributed by atoms with Gasteiger partial charge in [0.05, 0.1) is 31.3 Å². The van der Waals surface area contributed by atoms with Crippen molar-refractivity contribution in [3.05, 3.63) is 42.5 Å². The first-order valence-electron chi connectivity index (χ1n) is 11.5. The van der Waals surface area contributed by atoms with Crippen LogP contribution in [0.5, 0.6) is 11.5 Å². The molecule has 9 nitrogen and oxygen atoms in total. The molecule has 2 aliphatic heterocycles. The molecule has 1 saturated heterocycles. The monoisotopic (exact) mass is 489 g/mol. The van der Waals surface area contributed by atoms with E-state index >= 15 is 0 Å². The molecule has 4 rings (SSSR count). The fourth-order valence-electron chi connectivity index (χ4n) is 3.84. The van der Waals surface area contributed by atoms with Gasteiger partial charge in [-0.05, 0) is 42.3 Å². The summed E-state index contributed by atoms with van der Waals surface area (Å²) in [6.07, 6.45) is 0.720. The Morgan fingerprint density at radius 3 is 2.29 bits per heavy atom. The zero-order valence-electron chi connectivity index (χ0n) is 19.5. The molecule has 0 radical (unpaired) electrons. The fraction of sp³-hybridized carbons (Fsp3) is 0.458. The zero-order chi connectivity index (χ0) is 24.1. The van der Waals surface area contributed by atoms with Crippen LogP contribution in [0.25, 0.3) is 0 Å². The molecule has 34 heavy (non-hydrogen) atoms. The first kappa shape index (κ1) is 24.3. The van der Waals surface area contributed by atoms with Crippen LogP contribution in [0.3, 0.4) is 0 Å². The Kier molecular flexibility index (Phi) is 7.60. The molecule has 2 heterocycles. The smallest absolute Gasteiger partial charge is 0.242 e. The normalized spacial score (nSPS) is 17.2. The number of carbonyl (C=O) groups excluding carboxylic acids is 1. The number of sulfonamides is 1. The quantitative estimate of drug-likeness (QED) is 0.616. The van der Waals surface area contributed by atoms with Crippen molar-refractivity contribution < 1.29 is 27.4 Å². The predicted molar refractivity (Wildman–Crippen MR) is 129 cm³/mol. The molecule has 10 heteroatoms. The number of ether oxygens (including phenoxy) is 3. The Morgan fingerprint density at radius 2 is 1.62 bits per heavy atom. The van der Waals surface area contributed by atoms with E-state index in [9.17, 15) is 13.2 Å². The molecule has 184 valence electrons. The lowest BCUT2D eigenvalue weighted by atomic mass is 10.0. The van der Waals surface area contributed by atoms with Crippen LogP contribution in [-0.2, 0) is 19.6 Å². The van der Waals surface area contributed by atoms with E-state index in [0.29, 0.717) is 43.6 Å². The van der Waals surface area contributed by atoms with Gasteiger partial charge in [0.25, 0.3) is 0 Å². The number of hydrogen-bond acceptors (Lipinski definition) is 7. The minimum atomic E-state index is -3.97. The van der Waals surface area contributed by atoms with Gasteiger partial charge in [-0.15, -0.1) is 0 Å². The van der Waals surface area contributed by atoms with Crippen molar-refractivity contribution in [3.63, 3.8) is 0 Å². The molecule has 0 saturated carbocycles. The molecule has 1 atom stereocenters. The first-order valence-corrected chi connectivity index (χ1v) is 13.0. The summed E-state index contributed by atoms with van der Waals surface area (Å²) >= 11 is 0. The van der Waals surface area contributed by atoms with Gasteiger partial charge in [0.2, 0.25) is 15.9 Å². The second kappa shape index (κ2) is 10.6. The number of morpholine rings is 1. The van der Waals surface area contributed by atoms with Crippen LogP contribution in [0.1, 0.15) is 20.3 Å². The van der Waals surface area contributed by atoms with Gasteiger partial charge in [0, 0.05) is 37.0 Å². The Balaban J connectivity index is 1.45. The van der Waals surface area contributed by atoms with E-state index in [1.165, 1.54) is 12.1 Å². The summed E-state index contributed by atoms with van der Waals surface area (Å²) in [5, 5.41) is 2.83. The predicted octanol–water partition coefficient (Wildman–Crippen LogP) is 2.63. The molecule has 2 aromatic carbocycles. The van der Waals surface area contributed by atoms with Gasteiger partial charge < -0.3 is 24.4 Å². The van der Waals surface area contributed by atoms with E-state index in [2.05, 4.69) is 14.9 Å². The SMILES string of the molecule is CC(C)[C@H](NS(=O)(=O)c1ccc2c(c1)OCCCO2)C(=O)Nc1ccc(N2CCOCC2)cc1. The lowest BCUT2D eigenvalue weighted by molar-refractivity contribution is -0.118. The Labute approximate surface area is 200 Å². The van der Waals surface area contributed by atoms with E-state index in [1.54, 1.807) is 19.9 Å². The van der Waals surface area contributed by atoms with Crippen LogP contribution in [0.2, 0.25) is 0 Å². The standard InChI is InChI=1S/C24H31N3O6S/c1-17(2)23(24(28)25-18-4-6-19(7-5-18)27-10-14-31-15-11-27)26-34(29,30)20-8-9-21-22(16-20)33-13-3-12-32-21/h4-9,16-17,23,26H,3,10-15H2,1-2H3,(H,25,28)/t23-/m0/s1. The molecule has 2 aliphatic rings. The number of hydrogen-bond donors (Lipinski definition) is 2. The molecule has 0 spiro atoms. The van der Waals surface area contributed by atoms with Crippen LogP contribution in [-0.4, -0.2) is 59.9 Å². The number of nitrogens with zero attached hydrogens (tertiary/aromatic N) is 1. The highest BCUT2D eigenvalue weighted by Gasteiger charge is 2.29. The summed E-state index contributed by atoms with van der Waals surface area (Å²) in [7, 11) is -3.97. The number of nitrogens with one attached hydrogen (secondary N) is 2. The molecule has 0 bridgehead atoms. The zero-order valence-corrected chi connectivity index (χ0v) is 20.3. The Bertz CT molecular complexity index is 1100. The van der Waals surface area contributed by atoms with Gasteiger partial charge in [-0.2, -0.15) is 4.72 Å². The second-order valence-corrected chi connectivity index (χ2v) is 10.4. The lowest BCUT2D eigenvalue weighted by Gasteiger charge is -2.29. The largest absolute Gasteiger partial charge is 0.490 e. The maximum absolute atomic E-state index is 13.1. The summed E-state index contributed by atoms with van der Waals surface area (Å²) in [6, 6.07) is 11.0. The summed E-state index contributed by atoms with van der Waals surface area (Å²) in [5.74, 6) is 0.191. The molecule has 1 fully saturated rings. The number of rotatable bonds is 7. The Hall–Kier alpha value is -2.82. The average molecular weight is 490 g/mol. The summed E-state index contributed by atoms with van der Waals surface area (Å²) in [4.78, 5) is 15.3. The van der Waals surface area contributed by atoms with Gasteiger partial charge in [-0.25, -0.2) is 8.42 Å². The number of carbonyl (C=O) groups is 1. The molecule has 0 aromatic heterocycles. The number of benzene rings is 2. The van der Waals surface area contributed by atoms with Gasteiger partial charge >= 0.3 is 0 Å². The van der Waals surface area contributed by atoms with Gasteiger partial charge in [0.15, 0.2) is 11.5 Å². The van der Waals surface area contributed by atoms with E-state index in [4.69, 9.17) is 14.2 Å². The number of fused-ring (bicyclic) bond motifs is 1. The van der Waals surface area contributed by atoms with Crippen molar-refractivity contribution in [3.8, 4) is 11.5 Å². The van der Waals surface area contributed by atoms with Gasteiger partial charge in [-0.1, -0.05) is 13.8 Å². The third-order valence-corrected chi connectivity index (χ3v) is 7.21. The van der Waals surface area contributed by atoms with E-state index in [0.717, 1.165) is 25.2 Å². The summed E-state index contributed by atoms with van der Waals surface area (Å²) in [5.41, 5.74) is 1.65. The molecule has 2 N–H and O–H groups in total. The van der Waals surface area contributed by atoms with E-state index in [1.807, 2.05) is 24.3 Å². The fourth-order valence-corrected chi connectivity index (χ4v) is 5.19. The van der Waals surface area contributed by atoms with Crippen LogP contribution in [0.4, 0.5) is 11.4 Å². The lowest BCUT2D eigenvalue weighted by Crippen LogP contribution is -2.47. The van der Waals surface area contributed by atoms with E-state index < -0.39 is 22.0 Å². The second-order valence-electron chi connectivity index (χ2n) is 8.64. The van der Waals surface area contributed by atoms with E-state index in [-0.39, 0.29) is 10.8 Å². The third kappa shape index (κ3) is 5.81. The molecular weight excluding hydrogens is 458 g/mol. The molecule has 0 unspecified atom stereocenters. The third-order valence-electron chi connectivity index (χ3n) is 5.77. The van der Waals surface area contributed by atoms with Gasteiger partial charge in [-0.3, -0.25) is 4.79 Å². The van der Waals surface area contributed by atoms with Crippen LogP contribution in [0.15, 0.2) is 47.4 Å².